The van der Waals surface area contributed by atoms with Crippen molar-refractivity contribution in [3.8, 4) is 0 Å². The quantitative estimate of drug-likeness (QED) is 0.907. The van der Waals surface area contributed by atoms with Crippen molar-refractivity contribution in [2.24, 2.45) is 5.92 Å². The van der Waals surface area contributed by atoms with Gasteiger partial charge in [0.25, 0.3) is 0 Å². The van der Waals surface area contributed by atoms with Crippen LogP contribution in [0.15, 0.2) is 30.5 Å². The first-order valence-electron chi connectivity index (χ1n) is 5.66. The summed E-state index contributed by atoms with van der Waals surface area (Å²) in [6, 6.07) is 7.06. The number of fused-ring (bicyclic) bond motifs is 1. The van der Waals surface area contributed by atoms with Crippen molar-refractivity contribution in [3.63, 3.8) is 0 Å². The maximum absolute atomic E-state index is 11.4. The second-order valence-electron chi connectivity index (χ2n) is 4.52. The number of carboxylic acid groups (broad SMARTS) is 1. The molecule has 2 aromatic rings. The molecule has 0 spiro atoms. The van der Waals surface area contributed by atoms with Crippen LogP contribution in [0.4, 0.5) is 0 Å². The molecule has 0 amide bonds. The third-order valence-corrected chi connectivity index (χ3v) is 3.62. The standard InChI is InChI=1S/C13H12ClNO2/c14-10-3-1-2-8-6-7-15(11(8)10)12(13(16)17)9-4-5-9/h1-3,6-7,9,12H,4-5H2,(H,16,17). The van der Waals surface area contributed by atoms with E-state index in [0.717, 1.165) is 23.7 Å². The lowest BCUT2D eigenvalue weighted by Crippen LogP contribution is -2.20. The molecule has 1 aromatic carbocycles. The van der Waals surface area contributed by atoms with Crippen molar-refractivity contribution < 1.29 is 9.90 Å². The molecule has 1 saturated carbocycles. The number of carbonyl (C=O) groups is 1. The molecule has 3 nitrogen and oxygen atoms in total. The van der Waals surface area contributed by atoms with E-state index in [0.29, 0.717) is 5.02 Å². The van der Waals surface area contributed by atoms with E-state index in [2.05, 4.69) is 0 Å². The summed E-state index contributed by atoms with van der Waals surface area (Å²) in [5, 5.41) is 10.9. The highest BCUT2D eigenvalue weighted by Gasteiger charge is 2.38. The third-order valence-electron chi connectivity index (χ3n) is 3.31. The van der Waals surface area contributed by atoms with Gasteiger partial charge in [0.2, 0.25) is 0 Å². The number of benzene rings is 1. The first-order valence-corrected chi connectivity index (χ1v) is 6.04. The molecule has 1 aliphatic rings. The fraction of sp³-hybridized carbons (Fsp3) is 0.308. The van der Waals surface area contributed by atoms with E-state index >= 15 is 0 Å². The van der Waals surface area contributed by atoms with Gasteiger partial charge in [-0.05, 0) is 30.9 Å². The maximum atomic E-state index is 11.4. The van der Waals surface area contributed by atoms with Gasteiger partial charge in [0.15, 0.2) is 0 Å². The molecule has 3 rings (SSSR count). The predicted octanol–water partition coefficient (Wildman–Crippen LogP) is 3.33. The molecule has 1 heterocycles. The van der Waals surface area contributed by atoms with E-state index in [1.165, 1.54) is 0 Å². The Kier molecular flexibility index (Phi) is 2.37. The highest BCUT2D eigenvalue weighted by atomic mass is 35.5. The molecule has 4 heteroatoms. The van der Waals surface area contributed by atoms with Crippen LogP contribution in [-0.2, 0) is 4.79 Å². The number of nitrogens with zero attached hydrogens (tertiary/aromatic N) is 1. The van der Waals surface area contributed by atoms with Crippen LogP contribution in [0.3, 0.4) is 0 Å². The highest BCUT2D eigenvalue weighted by Crippen LogP contribution is 2.42. The Labute approximate surface area is 104 Å². The Hall–Kier alpha value is -1.48. The first-order chi connectivity index (χ1) is 8.18. The number of hydrogen-bond acceptors (Lipinski definition) is 1. The molecular formula is C13H12ClNO2. The predicted molar refractivity (Wildman–Crippen MR) is 66.3 cm³/mol. The van der Waals surface area contributed by atoms with Crippen molar-refractivity contribution in [2.75, 3.05) is 0 Å². The van der Waals surface area contributed by atoms with Gasteiger partial charge < -0.3 is 9.67 Å². The minimum atomic E-state index is -0.773. The molecule has 88 valence electrons. The summed E-state index contributed by atoms with van der Waals surface area (Å²) >= 11 is 6.16. The first kappa shape index (κ1) is 10.7. The van der Waals surface area contributed by atoms with Crippen molar-refractivity contribution >= 4 is 28.5 Å². The summed E-state index contributed by atoms with van der Waals surface area (Å²) < 4.78 is 1.80. The van der Waals surface area contributed by atoms with E-state index < -0.39 is 12.0 Å². The number of carboxylic acids is 1. The molecule has 0 saturated heterocycles. The second-order valence-corrected chi connectivity index (χ2v) is 4.93. The molecule has 0 aliphatic heterocycles. The van der Waals surface area contributed by atoms with E-state index in [-0.39, 0.29) is 5.92 Å². The van der Waals surface area contributed by atoms with Crippen LogP contribution < -0.4 is 0 Å². The molecule has 0 bridgehead atoms. The van der Waals surface area contributed by atoms with Gasteiger partial charge in [0.1, 0.15) is 6.04 Å². The van der Waals surface area contributed by atoms with Crippen molar-refractivity contribution in [1.29, 1.82) is 0 Å². The van der Waals surface area contributed by atoms with E-state index in [1.54, 1.807) is 10.6 Å². The van der Waals surface area contributed by atoms with Crippen LogP contribution in [0.25, 0.3) is 10.9 Å². The van der Waals surface area contributed by atoms with E-state index in [4.69, 9.17) is 11.6 Å². The van der Waals surface area contributed by atoms with Gasteiger partial charge in [-0.2, -0.15) is 0 Å². The Morgan fingerprint density at radius 3 is 2.82 bits per heavy atom. The summed E-state index contributed by atoms with van der Waals surface area (Å²) in [6.07, 6.45) is 3.80. The Bertz CT molecular complexity index is 586. The molecule has 1 unspecified atom stereocenters. The Morgan fingerprint density at radius 2 is 2.18 bits per heavy atom. The molecule has 17 heavy (non-hydrogen) atoms. The summed E-state index contributed by atoms with van der Waals surface area (Å²) in [6.45, 7) is 0. The van der Waals surface area contributed by atoms with Gasteiger partial charge in [-0.1, -0.05) is 23.7 Å². The van der Waals surface area contributed by atoms with Crippen LogP contribution >= 0.6 is 11.6 Å². The van der Waals surface area contributed by atoms with Gasteiger partial charge in [0.05, 0.1) is 10.5 Å². The lowest BCUT2D eigenvalue weighted by molar-refractivity contribution is -0.141. The molecular weight excluding hydrogens is 238 g/mol. The SMILES string of the molecule is O=C(O)C(C1CC1)n1ccc2cccc(Cl)c21. The number of halogens is 1. The minimum Gasteiger partial charge on any atom is -0.480 e. The number of para-hydroxylation sites is 1. The largest absolute Gasteiger partial charge is 0.480 e. The Balaban J connectivity index is 2.19. The van der Waals surface area contributed by atoms with Gasteiger partial charge in [-0.15, -0.1) is 0 Å². The zero-order valence-corrected chi connectivity index (χ0v) is 9.89. The van der Waals surface area contributed by atoms with E-state index in [9.17, 15) is 9.90 Å². The molecule has 1 aliphatic carbocycles. The zero-order valence-electron chi connectivity index (χ0n) is 9.14. The van der Waals surface area contributed by atoms with Crippen LogP contribution in [0.5, 0.6) is 0 Å². The zero-order chi connectivity index (χ0) is 12.0. The molecule has 1 N–H and O–H groups in total. The number of aromatic nitrogens is 1. The number of rotatable bonds is 3. The fourth-order valence-corrected chi connectivity index (χ4v) is 2.65. The van der Waals surface area contributed by atoms with Gasteiger partial charge in [0, 0.05) is 11.6 Å². The summed E-state index contributed by atoms with van der Waals surface area (Å²) in [7, 11) is 0. The average Bonchev–Trinajstić information content (AvgIpc) is 3.00. The van der Waals surface area contributed by atoms with Crippen LogP contribution in [0, 0.1) is 5.92 Å². The number of aliphatic carboxylic acids is 1. The van der Waals surface area contributed by atoms with Crippen LogP contribution in [0.2, 0.25) is 5.02 Å². The van der Waals surface area contributed by atoms with Gasteiger partial charge >= 0.3 is 5.97 Å². The average molecular weight is 250 g/mol. The van der Waals surface area contributed by atoms with E-state index in [1.807, 2.05) is 24.4 Å². The maximum Gasteiger partial charge on any atom is 0.326 e. The lowest BCUT2D eigenvalue weighted by Gasteiger charge is -2.15. The fourth-order valence-electron chi connectivity index (χ4n) is 2.37. The van der Waals surface area contributed by atoms with Gasteiger partial charge in [-0.25, -0.2) is 4.79 Å². The van der Waals surface area contributed by atoms with Crippen LogP contribution in [0.1, 0.15) is 18.9 Å². The summed E-state index contributed by atoms with van der Waals surface area (Å²) in [5.41, 5.74) is 0.827. The summed E-state index contributed by atoms with van der Waals surface area (Å²) in [5.74, 6) is -0.524. The van der Waals surface area contributed by atoms with Crippen molar-refractivity contribution in [2.45, 2.75) is 18.9 Å². The lowest BCUT2D eigenvalue weighted by atomic mass is 10.1. The Morgan fingerprint density at radius 1 is 1.41 bits per heavy atom. The molecule has 1 fully saturated rings. The van der Waals surface area contributed by atoms with Crippen molar-refractivity contribution in [3.05, 3.63) is 35.5 Å². The van der Waals surface area contributed by atoms with Gasteiger partial charge in [-0.3, -0.25) is 0 Å². The van der Waals surface area contributed by atoms with Crippen molar-refractivity contribution in [1.82, 2.24) is 4.57 Å². The topological polar surface area (TPSA) is 42.2 Å². The number of hydrogen-bond donors (Lipinski definition) is 1. The van der Waals surface area contributed by atoms with Crippen LogP contribution in [-0.4, -0.2) is 15.6 Å². The summed E-state index contributed by atoms with van der Waals surface area (Å²) in [4.78, 5) is 11.4. The normalized spacial score (nSPS) is 17.2. The highest BCUT2D eigenvalue weighted by molar-refractivity contribution is 6.35. The minimum absolute atomic E-state index is 0.249. The molecule has 0 radical (unpaired) electrons. The molecule has 1 atom stereocenters. The monoisotopic (exact) mass is 249 g/mol. The second kappa shape index (κ2) is 3.77. The molecule has 1 aromatic heterocycles. The smallest absolute Gasteiger partial charge is 0.326 e. The third kappa shape index (κ3) is 1.71.